The fraction of sp³-hybridized carbons (Fsp3) is 0.200. The maximum atomic E-state index is 13.2. The van der Waals surface area contributed by atoms with Crippen LogP contribution in [-0.4, -0.2) is 24.8 Å². The highest BCUT2D eigenvalue weighted by molar-refractivity contribution is 7.17. The van der Waals surface area contributed by atoms with Gasteiger partial charge in [0.15, 0.2) is 4.96 Å². The van der Waals surface area contributed by atoms with Crippen LogP contribution in [0.1, 0.15) is 33.5 Å². The van der Waals surface area contributed by atoms with Crippen LogP contribution in [0.3, 0.4) is 0 Å². The standard InChI is InChI=1S/C25H22FN5O2S/c1-4-30-12-19(22(32)18-10-5-14(2)28-23(18)30)24(33)27-11-21-15(3)31-13-20(29-25(31)34-21)16-6-8-17(26)9-7-16/h5-10,12-13H,4,11H2,1-3H3,(H,27,33). The number of carbonyl (C=O) groups is 1. The summed E-state index contributed by atoms with van der Waals surface area (Å²) in [4.78, 5) is 36.8. The number of nitrogens with one attached hydrogen (secondary N) is 1. The van der Waals surface area contributed by atoms with Gasteiger partial charge in [-0.15, -0.1) is 0 Å². The normalized spacial score (nSPS) is 11.4. The predicted molar refractivity (Wildman–Crippen MR) is 131 cm³/mol. The summed E-state index contributed by atoms with van der Waals surface area (Å²) in [5.74, 6) is -0.713. The molecular formula is C25H22FN5O2S. The summed E-state index contributed by atoms with van der Waals surface area (Å²) < 4.78 is 17.0. The lowest BCUT2D eigenvalue weighted by molar-refractivity contribution is 0.0949. The molecule has 0 aliphatic heterocycles. The van der Waals surface area contributed by atoms with Crippen LogP contribution in [-0.2, 0) is 13.1 Å². The van der Waals surface area contributed by atoms with Crippen molar-refractivity contribution in [2.45, 2.75) is 33.9 Å². The Hall–Kier alpha value is -3.85. The molecule has 5 aromatic rings. The fourth-order valence-electron chi connectivity index (χ4n) is 3.94. The highest BCUT2D eigenvalue weighted by Crippen LogP contribution is 2.27. The molecule has 172 valence electrons. The third-order valence-electron chi connectivity index (χ3n) is 5.85. The zero-order valence-electron chi connectivity index (χ0n) is 18.9. The summed E-state index contributed by atoms with van der Waals surface area (Å²) in [7, 11) is 0. The second-order valence-electron chi connectivity index (χ2n) is 8.06. The molecule has 0 bridgehead atoms. The smallest absolute Gasteiger partial charge is 0.257 e. The van der Waals surface area contributed by atoms with Crippen LogP contribution >= 0.6 is 11.3 Å². The molecule has 7 nitrogen and oxygen atoms in total. The molecule has 1 amide bonds. The topological polar surface area (TPSA) is 81.3 Å². The zero-order valence-corrected chi connectivity index (χ0v) is 19.7. The number of benzene rings is 1. The van der Waals surface area contributed by atoms with E-state index in [4.69, 9.17) is 0 Å². The van der Waals surface area contributed by atoms with Gasteiger partial charge in [0.25, 0.3) is 5.91 Å². The molecule has 0 saturated heterocycles. The summed E-state index contributed by atoms with van der Waals surface area (Å²) in [5.41, 5.74) is 3.70. The molecule has 0 spiro atoms. The van der Waals surface area contributed by atoms with E-state index in [2.05, 4.69) is 15.3 Å². The minimum atomic E-state index is -0.424. The molecule has 0 aliphatic carbocycles. The first kappa shape index (κ1) is 22.0. The molecule has 0 atom stereocenters. The van der Waals surface area contributed by atoms with Gasteiger partial charge in [-0.3, -0.25) is 14.0 Å². The summed E-state index contributed by atoms with van der Waals surface area (Å²) >= 11 is 1.47. The maximum Gasteiger partial charge on any atom is 0.257 e. The molecule has 0 radical (unpaired) electrons. The summed E-state index contributed by atoms with van der Waals surface area (Å²) in [6.45, 7) is 6.63. The van der Waals surface area contributed by atoms with Crippen LogP contribution in [0.15, 0.2) is 53.6 Å². The van der Waals surface area contributed by atoms with Crippen molar-refractivity contribution in [1.82, 2.24) is 24.3 Å². The monoisotopic (exact) mass is 475 g/mol. The van der Waals surface area contributed by atoms with Crippen molar-refractivity contribution in [2.24, 2.45) is 0 Å². The number of aryl methyl sites for hydroxylation is 3. The van der Waals surface area contributed by atoms with E-state index < -0.39 is 5.91 Å². The average molecular weight is 476 g/mol. The largest absolute Gasteiger partial charge is 0.347 e. The third kappa shape index (κ3) is 3.77. The highest BCUT2D eigenvalue weighted by atomic mass is 32.1. The number of hydrogen-bond acceptors (Lipinski definition) is 5. The van der Waals surface area contributed by atoms with Crippen molar-refractivity contribution >= 4 is 33.2 Å². The van der Waals surface area contributed by atoms with E-state index in [1.807, 2.05) is 35.9 Å². The average Bonchev–Trinajstić information content (AvgIpc) is 3.37. The number of thiazole rings is 1. The number of pyridine rings is 2. The Morgan fingerprint density at radius 3 is 2.56 bits per heavy atom. The van der Waals surface area contributed by atoms with Gasteiger partial charge in [-0.2, -0.15) is 0 Å². The number of fused-ring (bicyclic) bond motifs is 2. The lowest BCUT2D eigenvalue weighted by atomic mass is 10.1. The molecule has 0 unspecified atom stereocenters. The predicted octanol–water partition coefficient (Wildman–Crippen LogP) is 4.48. The number of nitrogens with zero attached hydrogens (tertiary/aromatic N) is 4. The van der Waals surface area contributed by atoms with Gasteiger partial charge in [0.2, 0.25) is 5.43 Å². The van der Waals surface area contributed by atoms with Crippen molar-refractivity contribution in [2.75, 3.05) is 0 Å². The van der Waals surface area contributed by atoms with Gasteiger partial charge in [-0.05, 0) is 57.2 Å². The summed E-state index contributed by atoms with van der Waals surface area (Å²) in [6.07, 6.45) is 3.48. The Morgan fingerprint density at radius 1 is 1.09 bits per heavy atom. The maximum absolute atomic E-state index is 13.2. The van der Waals surface area contributed by atoms with E-state index in [1.165, 1.54) is 23.5 Å². The second kappa shape index (κ2) is 8.49. The first-order valence-corrected chi connectivity index (χ1v) is 11.7. The Kier molecular flexibility index (Phi) is 5.49. The quantitative estimate of drug-likeness (QED) is 0.406. The van der Waals surface area contributed by atoms with Gasteiger partial charge in [-0.25, -0.2) is 14.4 Å². The van der Waals surface area contributed by atoms with E-state index >= 15 is 0 Å². The van der Waals surface area contributed by atoms with Crippen LogP contribution in [0.5, 0.6) is 0 Å². The Bertz CT molecular complexity index is 1610. The number of amides is 1. The van der Waals surface area contributed by atoms with Crippen molar-refractivity contribution in [3.05, 3.63) is 86.7 Å². The van der Waals surface area contributed by atoms with Crippen LogP contribution in [0.2, 0.25) is 0 Å². The van der Waals surface area contributed by atoms with Crippen molar-refractivity contribution in [3.63, 3.8) is 0 Å². The van der Waals surface area contributed by atoms with Crippen LogP contribution in [0.4, 0.5) is 4.39 Å². The van der Waals surface area contributed by atoms with E-state index in [1.54, 1.807) is 30.5 Å². The molecule has 0 saturated carbocycles. The molecule has 0 aliphatic rings. The Balaban J connectivity index is 1.40. The molecule has 4 heterocycles. The van der Waals surface area contributed by atoms with Crippen LogP contribution in [0.25, 0.3) is 27.3 Å². The van der Waals surface area contributed by atoms with Gasteiger partial charge in [0.1, 0.15) is 17.0 Å². The van der Waals surface area contributed by atoms with Gasteiger partial charge in [0, 0.05) is 40.8 Å². The highest BCUT2D eigenvalue weighted by Gasteiger charge is 2.18. The van der Waals surface area contributed by atoms with Gasteiger partial charge in [0.05, 0.1) is 17.6 Å². The van der Waals surface area contributed by atoms with Gasteiger partial charge < -0.3 is 9.88 Å². The molecule has 1 N–H and O–H groups in total. The number of aromatic nitrogens is 4. The number of hydrogen-bond donors (Lipinski definition) is 1. The van der Waals surface area contributed by atoms with Crippen molar-refractivity contribution in [3.8, 4) is 11.3 Å². The van der Waals surface area contributed by atoms with E-state index in [0.29, 0.717) is 17.6 Å². The first-order valence-electron chi connectivity index (χ1n) is 10.9. The lowest BCUT2D eigenvalue weighted by Crippen LogP contribution is -2.29. The lowest BCUT2D eigenvalue weighted by Gasteiger charge is -2.11. The second-order valence-corrected chi connectivity index (χ2v) is 9.12. The minimum absolute atomic E-state index is 0.0950. The summed E-state index contributed by atoms with van der Waals surface area (Å²) in [5, 5.41) is 3.31. The molecule has 5 rings (SSSR count). The Labute approximate surface area is 198 Å². The number of rotatable bonds is 5. The molecule has 0 fully saturated rings. The van der Waals surface area contributed by atoms with E-state index in [0.717, 1.165) is 32.5 Å². The van der Waals surface area contributed by atoms with Crippen molar-refractivity contribution < 1.29 is 9.18 Å². The number of carbonyl (C=O) groups excluding carboxylic acids is 1. The zero-order chi connectivity index (χ0) is 24.0. The Morgan fingerprint density at radius 2 is 1.85 bits per heavy atom. The molecule has 1 aromatic carbocycles. The van der Waals surface area contributed by atoms with Crippen LogP contribution in [0, 0.1) is 19.7 Å². The minimum Gasteiger partial charge on any atom is -0.347 e. The third-order valence-corrected chi connectivity index (χ3v) is 7.01. The number of imidazole rings is 1. The summed E-state index contributed by atoms with van der Waals surface area (Å²) in [6, 6.07) is 9.71. The SMILES string of the molecule is CCn1cc(C(=O)NCc2sc3nc(-c4ccc(F)cc4)cn3c2C)c(=O)c2ccc(C)nc21. The fourth-order valence-corrected chi connectivity index (χ4v) is 4.98. The molecule has 9 heteroatoms. The van der Waals surface area contributed by atoms with Crippen molar-refractivity contribution in [1.29, 1.82) is 0 Å². The molecular weight excluding hydrogens is 453 g/mol. The first-order chi connectivity index (χ1) is 16.4. The van der Waals surface area contributed by atoms with Crippen LogP contribution < -0.4 is 10.7 Å². The number of halogens is 1. The van der Waals surface area contributed by atoms with E-state index in [9.17, 15) is 14.0 Å². The van der Waals surface area contributed by atoms with Gasteiger partial charge >= 0.3 is 0 Å². The molecule has 34 heavy (non-hydrogen) atoms. The van der Waals surface area contributed by atoms with E-state index in [-0.39, 0.29) is 23.4 Å². The van der Waals surface area contributed by atoms with Gasteiger partial charge in [-0.1, -0.05) is 11.3 Å². The molecule has 4 aromatic heterocycles.